The smallest absolute Gasteiger partial charge is 0.293 e. The minimum atomic E-state index is -0.364. The first-order valence-corrected chi connectivity index (χ1v) is 12.4. The number of anilines is 1. The normalized spacial score (nSPS) is 18.1. The molecule has 7 nitrogen and oxygen atoms in total. The highest BCUT2D eigenvalue weighted by molar-refractivity contribution is 8.18. The number of halogens is 1. The van der Waals surface area contributed by atoms with Crippen LogP contribution in [0.1, 0.15) is 11.1 Å². The minimum Gasteiger partial charge on any atom is -0.369 e. The molecular formula is C25H27ClN4O3S. The number of piperazine rings is 1. The highest BCUT2D eigenvalue weighted by Gasteiger charge is 2.34. The number of hydrogen-bond donors (Lipinski definition) is 1. The van der Waals surface area contributed by atoms with E-state index < -0.39 is 0 Å². The Hall–Kier alpha value is -2.81. The van der Waals surface area contributed by atoms with E-state index in [1.54, 1.807) is 24.3 Å². The van der Waals surface area contributed by atoms with Crippen molar-refractivity contribution in [3.8, 4) is 0 Å². The second kappa shape index (κ2) is 11.1. The molecule has 0 aliphatic carbocycles. The van der Waals surface area contributed by atoms with Crippen LogP contribution in [-0.2, 0) is 9.59 Å². The van der Waals surface area contributed by atoms with E-state index in [2.05, 4.69) is 46.3 Å². The van der Waals surface area contributed by atoms with Crippen LogP contribution in [0.2, 0.25) is 5.02 Å². The fourth-order valence-corrected chi connectivity index (χ4v) is 5.03. The molecule has 0 saturated carbocycles. The molecule has 0 atom stereocenters. The zero-order valence-corrected chi connectivity index (χ0v) is 20.6. The maximum absolute atomic E-state index is 12.6. The Morgan fingerprint density at radius 3 is 2.59 bits per heavy atom. The van der Waals surface area contributed by atoms with Crippen molar-refractivity contribution in [2.24, 2.45) is 0 Å². The first-order valence-electron chi connectivity index (χ1n) is 11.2. The van der Waals surface area contributed by atoms with Crippen LogP contribution < -0.4 is 10.2 Å². The summed E-state index contributed by atoms with van der Waals surface area (Å²) in [7, 11) is 0. The molecule has 0 radical (unpaired) electrons. The van der Waals surface area contributed by atoms with Crippen molar-refractivity contribution in [3.05, 3.63) is 69.6 Å². The monoisotopic (exact) mass is 498 g/mol. The maximum Gasteiger partial charge on any atom is 0.293 e. The lowest BCUT2D eigenvalue weighted by atomic mass is 10.2. The van der Waals surface area contributed by atoms with Gasteiger partial charge in [-0.15, -0.1) is 0 Å². The molecule has 0 unspecified atom stereocenters. The van der Waals surface area contributed by atoms with E-state index in [-0.39, 0.29) is 30.1 Å². The molecule has 0 bridgehead atoms. The molecule has 0 aromatic heterocycles. The number of carbonyl (C=O) groups excluding carboxylic acids is 3. The van der Waals surface area contributed by atoms with Crippen LogP contribution in [0.3, 0.4) is 0 Å². The lowest BCUT2D eigenvalue weighted by Gasteiger charge is -2.35. The highest BCUT2D eigenvalue weighted by atomic mass is 35.5. The number of imide groups is 1. The Bertz CT molecular complexity index is 1110. The average Bonchev–Trinajstić information content (AvgIpc) is 3.08. The van der Waals surface area contributed by atoms with Gasteiger partial charge in [0.05, 0.1) is 11.4 Å². The van der Waals surface area contributed by atoms with Crippen LogP contribution in [0.4, 0.5) is 10.5 Å². The molecule has 2 fully saturated rings. The Morgan fingerprint density at radius 1 is 1.09 bits per heavy atom. The van der Waals surface area contributed by atoms with Gasteiger partial charge < -0.3 is 10.2 Å². The van der Waals surface area contributed by atoms with E-state index in [0.717, 1.165) is 42.8 Å². The minimum absolute atomic E-state index is 0.109. The predicted octanol–water partition coefficient (Wildman–Crippen LogP) is 3.62. The summed E-state index contributed by atoms with van der Waals surface area (Å²) in [4.78, 5) is 43.3. The van der Waals surface area contributed by atoms with Crippen molar-refractivity contribution in [1.82, 2.24) is 15.1 Å². The number of carbonyl (C=O) groups is 3. The van der Waals surface area contributed by atoms with Gasteiger partial charge in [-0.25, -0.2) is 0 Å². The summed E-state index contributed by atoms with van der Waals surface area (Å²) in [6, 6.07) is 15.6. The number of amides is 3. The van der Waals surface area contributed by atoms with Crippen LogP contribution in [0.25, 0.3) is 6.08 Å². The van der Waals surface area contributed by atoms with E-state index in [9.17, 15) is 14.4 Å². The summed E-state index contributed by atoms with van der Waals surface area (Å²) in [6.07, 6.45) is 1.63. The van der Waals surface area contributed by atoms with E-state index >= 15 is 0 Å². The molecule has 2 aliphatic heterocycles. The topological polar surface area (TPSA) is 73.0 Å². The lowest BCUT2D eigenvalue weighted by Crippen LogP contribution is -2.50. The van der Waals surface area contributed by atoms with Crippen molar-refractivity contribution in [2.45, 2.75) is 6.92 Å². The second-order valence-corrected chi connectivity index (χ2v) is 9.71. The van der Waals surface area contributed by atoms with Crippen molar-refractivity contribution in [1.29, 1.82) is 0 Å². The van der Waals surface area contributed by atoms with E-state index in [1.807, 2.05) is 6.07 Å². The third kappa shape index (κ3) is 6.00. The van der Waals surface area contributed by atoms with Gasteiger partial charge >= 0.3 is 0 Å². The second-order valence-electron chi connectivity index (χ2n) is 8.31. The zero-order chi connectivity index (χ0) is 24.1. The molecule has 2 aromatic carbocycles. The van der Waals surface area contributed by atoms with Crippen molar-refractivity contribution in [3.63, 3.8) is 0 Å². The largest absolute Gasteiger partial charge is 0.369 e. The number of rotatable bonds is 7. The number of benzene rings is 2. The van der Waals surface area contributed by atoms with Gasteiger partial charge in [0.15, 0.2) is 0 Å². The van der Waals surface area contributed by atoms with Gasteiger partial charge in [0.2, 0.25) is 5.91 Å². The Balaban J connectivity index is 1.21. The van der Waals surface area contributed by atoms with Crippen LogP contribution in [0, 0.1) is 6.92 Å². The molecule has 34 heavy (non-hydrogen) atoms. The summed E-state index contributed by atoms with van der Waals surface area (Å²) in [6.45, 7) is 6.08. The van der Waals surface area contributed by atoms with Gasteiger partial charge in [0, 0.05) is 50.0 Å². The van der Waals surface area contributed by atoms with Crippen molar-refractivity contribution >= 4 is 52.2 Å². The molecule has 2 aliphatic rings. The van der Waals surface area contributed by atoms with Gasteiger partial charge in [0.1, 0.15) is 0 Å². The number of thioether (sulfide) groups is 1. The SMILES string of the molecule is Cc1cccc(N2CCN(CC(=O)NCCN3C(=O)S/C(=C\c4ccccc4Cl)C3=O)CC2)c1. The van der Waals surface area contributed by atoms with Gasteiger partial charge in [0.25, 0.3) is 11.1 Å². The quantitative estimate of drug-likeness (QED) is 0.588. The summed E-state index contributed by atoms with van der Waals surface area (Å²) < 4.78 is 0. The molecule has 4 rings (SSSR count). The average molecular weight is 499 g/mol. The molecule has 3 amide bonds. The number of aryl methyl sites for hydroxylation is 1. The fourth-order valence-electron chi connectivity index (χ4n) is 3.98. The van der Waals surface area contributed by atoms with Gasteiger partial charge in [-0.3, -0.25) is 24.2 Å². The number of nitrogens with zero attached hydrogens (tertiary/aromatic N) is 3. The molecule has 178 valence electrons. The van der Waals surface area contributed by atoms with E-state index in [4.69, 9.17) is 11.6 Å². The van der Waals surface area contributed by atoms with Gasteiger partial charge in [-0.1, -0.05) is 41.9 Å². The molecule has 9 heteroatoms. The zero-order valence-electron chi connectivity index (χ0n) is 19.0. The van der Waals surface area contributed by atoms with Crippen molar-refractivity contribution in [2.75, 3.05) is 50.7 Å². The Labute approximate surface area is 208 Å². The predicted molar refractivity (Wildman–Crippen MR) is 137 cm³/mol. The number of hydrogen-bond acceptors (Lipinski definition) is 6. The van der Waals surface area contributed by atoms with Gasteiger partial charge in [-0.2, -0.15) is 0 Å². The summed E-state index contributed by atoms with van der Waals surface area (Å²) in [5.74, 6) is -0.473. The molecule has 1 N–H and O–H groups in total. The Kier molecular flexibility index (Phi) is 7.92. The van der Waals surface area contributed by atoms with Crippen LogP contribution in [-0.4, -0.2) is 72.7 Å². The van der Waals surface area contributed by atoms with E-state index in [1.165, 1.54) is 11.3 Å². The lowest BCUT2D eigenvalue weighted by molar-refractivity contribution is -0.124. The third-order valence-corrected chi connectivity index (χ3v) is 7.08. The molecule has 2 saturated heterocycles. The first kappa shape index (κ1) is 24.3. The highest BCUT2D eigenvalue weighted by Crippen LogP contribution is 2.33. The van der Waals surface area contributed by atoms with Gasteiger partial charge in [-0.05, 0) is 54.1 Å². The van der Waals surface area contributed by atoms with Crippen LogP contribution >= 0.6 is 23.4 Å². The summed E-state index contributed by atoms with van der Waals surface area (Å²) in [5, 5.41) is 3.00. The first-order chi connectivity index (χ1) is 16.4. The summed E-state index contributed by atoms with van der Waals surface area (Å²) in [5.41, 5.74) is 3.13. The fraction of sp³-hybridized carbons (Fsp3) is 0.320. The third-order valence-electron chi connectivity index (χ3n) is 5.83. The summed E-state index contributed by atoms with van der Waals surface area (Å²) >= 11 is 7.04. The van der Waals surface area contributed by atoms with Crippen molar-refractivity contribution < 1.29 is 14.4 Å². The standard InChI is InChI=1S/C25H27ClN4O3S/c1-18-5-4-7-20(15-18)29-13-11-28(12-14-29)17-23(31)27-9-10-30-24(32)22(34-25(30)33)16-19-6-2-3-8-21(19)26/h2-8,15-16H,9-14,17H2,1H3,(H,27,31)/b22-16-. The van der Waals surface area contributed by atoms with Crippen LogP contribution in [0.15, 0.2) is 53.4 Å². The molecule has 2 aromatic rings. The maximum atomic E-state index is 12.6. The Morgan fingerprint density at radius 2 is 1.85 bits per heavy atom. The number of nitrogens with one attached hydrogen (secondary N) is 1. The molecule has 0 spiro atoms. The van der Waals surface area contributed by atoms with Crippen LogP contribution in [0.5, 0.6) is 0 Å². The molecule has 2 heterocycles. The van der Waals surface area contributed by atoms with E-state index in [0.29, 0.717) is 22.0 Å². The molecular weight excluding hydrogens is 472 g/mol.